The molecule has 2 aromatic rings. The second kappa shape index (κ2) is 8.20. The largest absolute Gasteiger partial charge is 0.368 e. The van der Waals surface area contributed by atoms with Crippen LogP contribution in [-0.4, -0.2) is 46.9 Å². The zero-order valence-corrected chi connectivity index (χ0v) is 15.4. The lowest BCUT2D eigenvalue weighted by molar-refractivity contribution is 0.467. The summed E-state index contributed by atoms with van der Waals surface area (Å²) in [6.45, 7) is 2.50. The van der Waals surface area contributed by atoms with E-state index in [1.54, 1.807) is 18.1 Å². The molecule has 0 aliphatic carbocycles. The third-order valence-corrected chi connectivity index (χ3v) is 4.72. The van der Waals surface area contributed by atoms with Gasteiger partial charge < -0.3 is 15.5 Å². The fourth-order valence-corrected chi connectivity index (χ4v) is 3.31. The number of guanidine groups is 1. The fourth-order valence-electron chi connectivity index (χ4n) is 3.05. The van der Waals surface area contributed by atoms with Crippen molar-refractivity contribution in [2.45, 2.75) is 25.4 Å². The molecule has 8 heteroatoms. The van der Waals surface area contributed by atoms with E-state index in [1.807, 2.05) is 25.2 Å². The number of hydrogen-bond donors (Lipinski definition) is 2. The van der Waals surface area contributed by atoms with E-state index in [0.717, 1.165) is 48.4 Å². The van der Waals surface area contributed by atoms with E-state index in [0.29, 0.717) is 12.6 Å². The molecule has 1 atom stereocenters. The minimum absolute atomic E-state index is 0.315. The number of rotatable bonds is 4. The van der Waals surface area contributed by atoms with Crippen LogP contribution in [0.4, 0.5) is 5.69 Å². The third kappa shape index (κ3) is 4.42. The summed E-state index contributed by atoms with van der Waals surface area (Å²) in [6, 6.07) is 8.32. The van der Waals surface area contributed by atoms with Crippen LogP contribution in [0.3, 0.4) is 0 Å². The minimum Gasteiger partial charge on any atom is -0.368 e. The molecule has 1 aliphatic rings. The van der Waals surface area contributed by atoms with Crippen molar-refractivity contribution in [2.75, 3.05) is 25.0 Å². The predicted octanol–water partition coefficient (Wildman–Crippen LogP) is 1.80. The minimum atomic E-state index is 0.315. The number of piperidine rings is 1. The number of halogens is 1. The maximum absolute atomic E-state index is 6.35. The van der Waals surface area contributed by atoms with E-state index in [9.17, 15) is 0 Å². The Balaban J connectivity index is 1.57. The Morgan fingerprint density at radius 2 is 2.24 bits per heavy atom. The molecule has 2 N–H and O–H groups in total. The summed E-state index contributed by atoms with van der Waals surface area (Å²) in [5.41, 5.74) is 1.10. The molecule has 3 rings (SSSR count). The maximum Gasteiger partial charge on any atom is 0.191 e. The van der Waals surface area contributed by atoms with Gasteiger partial charge in [-0.3, -0.25) is 9.67 Å². The molecule has 1 aromatic carbocycles. The van der Waals surface area contributed by atoms with Crippen LogP contribution in [-0.2, 0) is 13.6 Å². The van der Waals surface area contributed by atoms with E-state index < -0.39 is 0 Å². The van der Waals surface area contributed by atoms with Gasteiger partial charge in [-0.15, -0.1) is 0 Å². The second-order valence-corrected chi connectivity index (χ2v) is 6.51. The molecule has 1 unspecified atom stereocenters. The van der Waals surface area contributed by atoms with Crippen LogP contribution in [0.5, 0.6) is 0 Å². The Kier molecular flexibility index (Phi) is 5.75. The second-order valence-electron chi connectivity index (χ2n) is 6.11. The molecule has 0 bridgehead atoms. The van der Waals surface area contributed by atoms with Gasteiger partial charge in [0.2, 0.25) is 0 Å². The van der Waals surface area contributed by atoms with Crippen LogP contribution in [0.1, 0.15) is 18.7 Å². The number of aliphatic imine (C=N–C) groups is 1. The van der Waals surface area contributed by atoms with Gasteiger partial charge in [-0.1, -0.05) is 23.7 Å². The van der Waals surface area contributed by atoms with Crippen molar-refractivity contribution >= 4 is 23.2 Å². The number of benzene rings is 1. The Labute approximate surface area is 153 Å². The van der Waals surface area contributed by atoms with Crippen LogP contribution in [0.15, 0.2) is 35.6 Å². The lowest BCUT2D eigenvalue weighted by Gasteiger charge is -2.35. The summed E-state index contributed by atoms with van der Waals surface area (Å²) in [5.74, 6) is 1.64. The molecule has 1 aliphatic heterocycles. The average molecular weight is 362 g/mol. The molecule has 0 amide bonds. The highest BCUT2D eigenvalue weighted by Gasteiger charge is 2.22. The smallest absolute Gasteiger partial charge is 0.191 e. The zero-order valence-electron chi connectivity index (χ0n) is 14.6. The van der Waals surface area contributed by atoms with Gasteiger partial charge in [0.05, 0.1) is 17.3 Å². The summed E-state index contributed by atoms with van der Waals surface area (Å²) in [5, 5.41) is 11.7. The summed E-state index contributed by atoms with van der Waals surface area (Å²) < 4.78 is 1.75. The zero-order chi connectivity index (χ0) is 17.6. The highest BCUT2D eigenvalue weighted by molar-refractivity contribution is 6.33. The highest BCUT2D eigenvalue weighted by Crippen LogP contribution is 2.27. The van der Waals surface area contributed by atoms with Crippen molar-refractivity contribution in [3.05, 3.63) is 41.4 Å². The number of aryl methyl sites for hydroxylation is 1. The van der Waals surface area contributed by atoms with Gasteiger partial charge >= 0.3 is 0 Å². The van der Waals surface area contributed by atoms with Crippen molar-refractivity contribution in [1.29, 1.82) is 0 Å². The number of anilines is 1. The number of nitrogens with one attached hydrogen (secondary N) is 2. The highest BCUT2D eigenvalue weighted by atomic mass is 35.5. The van der Waals surface area contributed by atoms with Crippen molar-refractivity contribution in [2.24, 2.45) is 12.0 Å². The first-order valence-corrected chi connectivity index (χ1v) is 8.84. The van der Waals surface area contributed by atoms with Crippen molar-refractivity contribution in [1.82, 2.24) is 25.4 Å². The SMILES string of the molecule is CN=C(NCc1ncnn1C)NC1CCCN(c2ccccc2Cl)C1. The topological polar surface area (TPSA) is 70.4 Å². The molecule has 7 nitrogen and oxygen atoms in total. The Hall–Kier alpha value is -2.28. The van der Waals surface area contributed by atoms with Crippen LogP contribution in [0.2, 0.25) is 5.02 Å². The Morgan fingerprint density at radius 1 is 1.40 bits per heavy atom. The van der Waals surface area contributed by atoms with Crippen LogP contribution >= 0.6 is 11.6 Å². The number of para-hydroxylation sites is 1. The van der Waals surface area contributed by atoms with E-state index >= 15 is 0 Å². The first kappa shape index (κ1) is 17.5. The molecule has 0 spiro atoms. The van der Waals surface area contributed by atoms with Gasteiger partial charge in [0.25, 0.3) is 0 Å². The van der Waals surface area contributed by atoms with E-state index in [4.69, 9.17) is 11.6 Å². The van der Waals surface area contributed by atoms with Gasteiger partial charge in [-0.05, 0) is 25.0 Å². The standard InChI is InChI=1S/C17H24ClN7/c1-19-17(20-10-16-21-12-22-24(16)2)23-13-6-5-9-25(11-13)15-8-4-3-7-14(15)18/h3-4,7-8,12-13H,5-6,9-11H2,1-2H3,(H2,19,20,23). The Bertz CT molecular complexity index is 727. The first-order chi connectivity index (χ1) is 12.2. The molecule has 2 heterocycles. The normalized spacial score (nSPS) is 18.3. The number of hydrogen-bond acceptors (Lipinski definition) is 4. The van der Waals surface area contributed by atoms with Gasteiger partial charge in [-0.2, -0.15) is 5.10 Å². The predicted molar refractivity (Wildman–Crippen MR) is 101 cm³/mol. The van der Waals surface area contributed by atoms with E-state index in [1.165, 1.54) is 0 Å². The summed E-state index contributed by atoms with van der Waals surface area (Å²) in [7, 11) is 3.66. The van der Waals surface area contributed by atoms with Crippen LogP contribution in [0, 0.1) is 0 Å². The fraction of sp³-hybridized carbons (Fsp3) is 0.471. The molecule has 134 valence electrons. The molecular formula is C17H24ClN7. The summed E-state index contributed by atoms with van der Waals surface area (Å²) in [6.07, 6.45) is 3.77. The molecule has 1 saturated heterocycles. The van der Waals surface area contributed by atoms with Gasteiger partial charge in [0.15, 0.2) is 5.96 Å². The lowest BCUT2D eigenvalue weighted by Crippen LogP contribution is -2.51. The van der Waals surface area contributed by atoms with Gasteiger partial charge in [-0.25, -0.2) is 4.98 Å². The van der Waals surface area contributed by atoms with E-state index in [2.05, 4.69) is 36.7 Å². The first-order valence-electron chi connectivity index (χ1n) is 8.47. The van der Waals surface area contributed by atoms with Crippen molar-refractivity contribution in [3.63, 3.8) is 0 Å². The summed E-state index contributed by atoms with van der Waals surface area (Å²) in [4.78, 5) is 10.9. The summed E-state index contributed by atoms with van der Waals surface area (Å²) >= 11 is 6.35. The molecular weight excluding hydrogens is 338 g/mol. The molecule has 25 heavy (non-hydrogen) atoms. The van der Waals surface area contributed by atoms with Gasteiger partial charge in [0, 0.05) is 33.2 Å². The molecule has 0 radical (unpaired) electrons. The average Bonchev–Trinajstić information content (AvgIpc) is 3.04. The monoisotopic (exact) mass is 361 g/mol. The molecule has 1 fully saturated rings. The molecule has 0 saturated carbocycles. The lowest BCUT2D eigenvalue weighted by atomic mass is 10.0. The Morgan fingerprint density at radius 3 is 2.96 bits per heavy atom. The maximum atomic E-state index is 6.35. The van der Waals surface area contributed by atoms with Crippen molar-refractivity contribution < 1.29 is 0 Å². The quantitative estimate of drug-likeness (QED) is 0.642. The number of nitrogens with zero attached hydrogens (tertiary/aromatic N) is 5. The van der Waals surface area contributed by atoms with Crippen LogP contribution < -0.4 is 15.5 Å². The van der Waals surface area contributed by atoms with Crippen LogP contribution in [0.25, 0.3) is 0 Å². The van der Waals surface area contributed by atoms with Gasteiger partial charge in [0.1, 0.15) is 12.2 Å². The van der Waals surface area contributed by atoms with E-state index in [-0.39, 0.29) is 0 Å². The van der Waals surface area contributed by atoms with Crippen molar-refractivity contribution in [3.8, 4) is 0 Å². The third-order valence-electron chi connectivity index (χ3n) is 4.40. The molecule has 1 aromatic heterocycles. The number of aromatic nitrogens is 3.